The van der Waals surface area contributed by atoms with Gasteiger partial charge in [-0.15, -0.1) is 0 Å². The minimum Gasteiger partial charge on any atom is -0.395 e. The van der Waals surface area contributed by atoms with Crippen molar-refractivity contribution in [3.8, 4) is 0 Å². The van der Waals surface area contributed by atoms with Crippen LogP contribution in [0.5, 0.6) is 0 Å². The van der Waals surface area contributed by atoms with E-state index in [0.717, 1.165) is 11.5 Å². The van der Waals surface area contributed by atoms with Crippen molar-refractivity contribution < 1.29 is 5.11 Å². The number of hydrogen-bond donors (Lipinski definition) is 3. The van der Waals surface area contributed by atoms with E-state index in [9.17, 15) is 0 Å². The molecule has 100 valence electrons. The van der Waals surface area contributed by atoms with Gasteiger partial charge in [-0.05, 0) is 12.5 Å². The standard InChI is InChI=1S/C14H18N4O/c1-11-9-13(15-7-8-19)18-14(17-11)16-10-12-5-3-2-4-6-12/h2-6,9,19H,7-8,10H2,1H3,(H2,15,16,17,18). The zero-order valence-electron chi connectivity index (χ0n) is 10.9. The third kappa shape index (κ3) is 4.22. The van der Waals surface area contributed by atoms with Crippen molar-refractivity contribution in [1.82, 2.24) is 9.97 Å². The molecule has 0 bridgehead atoms. The molecular weight excluding hydrogens is 240 g/mol. The van der Waals surface area contributed by atoms with Crippen molar-refractivity contribution in [2.45, 2.75) is 13.5 Å². The fourth-order valence-electron chi connectivity index (χ4n) is 1.70. The molecule has 1 aromatic carbocycles. The van der Waals surface area contributed by atoms with Gasteiger partial charge in [-0.2, -0.15) is 4.98 Å². The van der Waals surface area contributed by atoms with Gasteiger partial charge in [0.15, 0.2) is 0 Å². The highest BCUT2D eigenvalue weighted by Crippen LogP contribution is 2.10. The van der Waals surface area contributed by atoms with E-state index in [1.54, 1.807) is 0 Å². The van der Waals surface area contributed by atoms with Crippen LogP contribution in [0.2, 0.25) is 0 Å². The molecule has 5 heteroatoms. The Bertz CT molecular complexity index is 516. The molecule has 2 aromatic rings. The Kier molecular flexibility index (Phi) is 4.69. The van der Waals surface area contributed by atoms with Crippen LogP contribution < -0.4 is 10.6 Å². The minimum absolute atomic E-state index is 0.0792. The molecule has 19 heavy (non-hydrogen) atoms. The highest BCUT2D eigenvalue weighted by Gasteiger charge is 2.01. The number of aryl methyl sites for hydroxylation is 1. The van der Waals surface area contributed by atoms with Crippen molar-refractivity contribution in [1.29, 1.82) is 0 Å². The fourth-order valence-corrected chi connectivity index (χ4v) is 1.70. The Hall–Kier alpha value is -2.14. The number of aromatic nitrogens is 2. The number of rotatable bonds is 6. The van der Waals surface area contributed by atoms with Gasteiger partial charge < -0.3 is 15.7 Å². The van der Waals surface area contributed by atoms with E-state index in [0.29, 0.717) is 19.0 Å². The van der Waals surface area contributed by atoms with Crippen LogP contribution in [0, 0.1) is 6.92 Å². The molecule has 0 aliphatic carbocycles. The lowest BCUT2D eigenvalue weighted by atomic mass is 10.2. The van der Waals surface area contributed by atoms with Gasteiger partial charge in [0.2, 0.25) is 5.95 Å². The van der Waals surface area contributed by atoms with Crippen molar-refractivity contribution in [2.75, 3.05) is 23.8 Å². The number of nitrogens with one attached hydrogen (secondary N) is 2. The number of nitrogens with zero attached hydrogens (tertiary/aromatic N) is 2. The molecule has 1 heterocycles. The quantitative estimate of drug-likeness (QED) is 0.737. The van der Waals surface area contributed by atoms with E-state index < -0.39 is 0 Å². The zero-order valence-corrected chi connectivity index (χ0v) is 10.9. The molecule has 0 spiro atoms. The van der Waals surface area contributed by atoms with Gasteiger partial charge in [-0.1, -0.05) is 30.3 Å². The van der Waals surface area contributed by atoms with Crippen LogP contribution in [0.3, 0.4) is 0 Å². The Labute approximate surface area is 112 Å². The van der Waals surface area contributed by atoms with Crippen LogP contribution in [0.25, 0.3) is 0 Å². The second-order valence-electron chi connectivity index (χ2n) is 4.21. The summed E-state index contributed by atoms with van der Waals surface area (Å²) in [5.41, 5.74) is 2.06. The summed E-state index contributed by atoms with van der Waals surface area (Å²) in [6, 6.07) is 11.9. The number of aliphatic hydroxyl groups excluding tert-OH is 1. The first kappa shape index (κ1) is 13.3. The Morgan fingerprint density at radius 1 is 1.11 bits per heavy atom. The van der Waals surface area contributed by atoms with E-state index in [-0.39, 0.29) is 6.61 Å². The lowest BCUT2D eigenvalue weighted by Crippen LogP contribution is -2.10. The van der Waals surface area contributed by atoms with E-state index in [1.807, 2.05) is 43.3 Å². The summed E-state index contributed by atoms with van der Waals surface area (Å²) in [4.78, 5) is 8.67. The fraction of sp³-hybridized carbons (Fsp3) is 0.286. The lowest BCUT2D eigenvalue weighted by molar-refractivity contribution is 0.311. The second kappa shape index (κ2) is 6.70. The van der Waals surface area contributed by atoms with Gasteiger partial charge in [0.25, 0.3) is 0 Å². The second-order valence-corrected chi connectivity index (χ2v) is 4.21. The van der Waals surface area contributed by atoms with Crippen molar-refractivity contribution in [2.24, 2.45) is 0 Å². The maximum Gasteiger partial charge on any atom is 0.225 e. The van der Waals surface area contributed by atoms with E-state index in [4.69, 9.17) is 5.11 Å². The van der Waals surface area contributed by atoms with Crippen LogP contribution in [0.15, 0.2) is 36.4 Å². The maximum atomic E-state index is 8.80. The molecule has 0 fully saturated rings. The summed E-state index contributed by atoms with van der Waals surface area (Å²) in [5.74, 6) is 1.31. The van der Waals surface area contributed by atoms with E-state index in [1.165, 1.54) is 5.56 Å². The van der Waals surface area contributed by atoms with Crippen LogP contribution >= 0.6 is 0 Å². The van der Waals surface area contributed by atoms with Gasteiger partial charge >= 0.3 is 0 Å². The molecule has 0 aliphatic rings. The Balaban J connectivity index is 2.01. The summed E-state index contributed by atoms with van der Waals surface area (Å²) in [7, 11) is 0. The first-order chi connectivity index (χ1) is 9.28. The van der Waals surface area contributed by atoms with Crippen molar-refractivity contribution >= 4 is 11.8 Å². The first-order valence-corrected chi connectivity index (χ1v) is 6.26. The van der Waals surface area contributed by atoms with Crippen LogP contribution in [0.1, 0.15) is 11.3 Å². The highest BCUT2D eigenvalue weighted by molar-refractivity contribution is 5.42. The molecule has 0 saturated heterocycles. The minimum atomic E-state index is 0.0792. The maximum absolute atomic E-state index is 8.80. The third-order valence-corrected chi connectivity index (χ3v) is 2.57. The van der Waals surface area contributed by atoms with Gasteiger partial charge in [0.05, 0.1) is 6.61 Å². The van der Waals surface area contributed by atoms with Crippen LogP contribution in [0.4, 0.5) is 11.8 Å². The monoisotopic (exact) mass is 258 g/mol. The summed E-state index contributed by atoms with van der Waals surface area (Å²) in [6.45, 7) is 3.16. The SMILES string of the molecule is Cc1cc(NCCO)nc(NCc2ccccc2)n1. The molecule has 2 rings (SSSR count). The molecule has 0 aliphatic heterocycles. The average molecular weight is 258 g/mol. The third-order valence-electron chi connectivity index (χ3n) is 2.57. The smallest absolute Gasteiger partial charge is 0.225 e. The van der Waals surface area contributed by atoms with Crippen LogP contribution in [-0.4, -0.2) is 28.2 Å². The first-order valence-electron chi connectivity index (χ1n) is 6.26. The molecule has 1 aromatic heterocycles. The lowest BCUT2D eigenvalue weighted by Gasteiger charge is -2.09. The molecule has 0 saturated carbocycles. The van der Waals surface area contributed by atoms with Crippen molar-refractivity contribution in [3.05, 3.63) is 47.7 Å². The Morgan fingerprint density at radius 3 is 2.63 bits per heavy atom. The van der Waals surface area contributed by atoms with Gasteiger partial charge in [-0.25, -0.2) is 4.98 Å². The van der Waals surface area contributed by atoms with Crippen molar-refractivity contribution in [3.63, 3.8) is 0 Å². The van der Waals surface area contributed by atoms with Gasteiger partial charge in [0, 0.05) is 24.8 Å². The molecular formula is C14H18N4O. The number of hydrogen-bond acceptors (Lipinski definition) is 5. The van der Waals surface area contributed by atoms with E-state index in [2.05, 4.69) is 20.6 Å². The Morgan fingerprint density at radius 2 is 1.89 bits per heavy atom. The van der Waals surface area contributed by atoms with Gasteiger partial charge in [-0.3, -0.25) is 0 Å². The summed E-state index contributed by atoms with van der Waals surface area (Å²) in [5, 5.41) is 15.0. The molecule has 0 amide bonds. The number of anilines is 2. The average Bonchev–Trinajstić information content (AvgIpc) is 2.43. The number of benzene rings is 1. The molecule has 0 atom stereocenters. The molecule has 5 nitrogen and oxygen atoms in total. The number of aliphatic hydroxyl groups is 1. The van der Waals surface area contributed by atoms with Gasteiger partial charge in [0.1, 0.15) is 5.82 Å². The summed E-state index contributed by atoms with van der Waals surface area (Å²) < 4.78 is 0. The van der Waals surface area contributed by atoms with Crippen LogP contribution in [-0.2, 0) is 6.54 Å². The summed E-state index contributed by atoms with van der Waals surface area (Å²) in [6.07, 6.45) is 0. The molecule has 0 unspecified atom stereocenters. The molecule has 3 N–H and O–H groups in total. The summed E-state index contributed by atoms with van der Waals surface area (Å²) >= 11 is 0. The topological polar surface area (TPSA) is 70.1 Å². The predicted molar refractivity (Wildman–Crippen MR) is 76.1 cm³/mol. The predicted octanol–water partition coefficient (Wildman–Crippen LogP) is 1.80. The van der Waals surface area contributed by atoms with E-state index >= 15 is 0 Å². The normalized spacial score (nSPS) is 10.2. The highest BCUT2D eigenvalue weighted by atomic mass is 16.3. The zero-order chi connectivity index (χ0) is 13.5. The molecule has 0 radical (unpaired) electrons. The largest absolute Gasteiger partial charge is 0.395 e.